The highest BCUT2D eigenvalue weighted by Crippen LogP contribution is 1.94. The van der Waals surface area contributed by atoms with Gasteiger partial charge in [-0.15, -0.1) is 0 Å². The zero-order valence-corrected chi connectivity index (χ0v) is 13.7. The summed E-state index contributed by atoms with van der Waals surface area (Å²) in [5.74, 6) is -3.41. The molecule has 10 nitrogen and oxygen atoms in total. The van der Waals surface area contributed by atoms with Crippen molar-refractivity contribution in [2.24, 2.45) is 5.73 Å². The molecule has 7 N–H and O–H groups in total. The minimum Gasteiger partial charge on any atom is -0.480 e. The molecular formula is C12H22N4O6S. The third kappa shape index (κ3) is 7.81. The predicted molar refractivity (Wildman–Crippen MR) is 83.7 cm³/mol. The topological polar surface area (TPSA) is 171 Å². The molecular weight excluding hydrogens is 328 g/mol. The number of aliphatic hydroxyl groups excluding tert-OH is 1. The van der Waals surface area contributed by atoms with Gasteiger partial charge in [0.1, 0.15) is 24.7 Å². The van der Waals surface area contributed by atoms with Crippen LogP contribution >= 0.6 is 12.6 Å². The average Bonchev–Trinajstić information content (AvgIpc) is 2.48. The van der Waals surface area contributed by atoms with Crippen LogP contribution in [0.3, 0.4) is 0 Å². The first-order chi connectivity index (χ1) is 10.6. The van der Waals surface area contributed by atoms with Crippen LogP contribution in [0.5, 0.6) is 0 Å². The zero-order valence-electron chi connectivity index (χ0n) is 12.8. The van der Waals surface area contributed by atoms with Gasteiger partial charge in [-0.05, 0) is 13.8 Å². The Hall–Kier alpha value is -1.85. The van der Waals surface area contributed by atoms with Crippen LogP contribution in [-0.2, 0) is 19.2 Å². The smallest absolute Gasteiger partial charge is 0.322 e. The fourth-order valence-corrected chi connectivity index (χ4v) is 1.63. The van der Waals surface area contributed by atoms with Gasteiger partial charge in [0.2, 0.25) is 17.7 Å². The van der Waals surface area contributed by atoms with Crippen molar-refractivity contribution in [2.45, 2.75) is 38.1 Å². The van der Waals surface area contributed by atoms with Crippen molar-refractivity contribution in [3.63, 3.8) is 0 Å². The number of carbonyl (C=O) groups is 4. The van der Waals surface area contributed by atoms with Crippen LogP contribution in [0.25, 0.3) is 0 Å². The second-order valence-electron chi connectivity index (χ2n) is 4.85. The van der Waals surface area contributed by atoms with E-state index in [1.807, 2.05) is 0 Å². The summed E-state index contributed by atoms with van der Waals surface area (Å²) in [6, 6.07) is -3.26. The number of hydrogen-bond acceptors (Lipinski definition) is 7. The Kier molecular flexibility index (Phi) is 9.22. The largest absolute Gasteiger partial charge is 0.480 e. The van der Waals surface area contributed by atoms with E-state index in [0.717, 1.165) is 0 Å². The normalized spacial score (nSPS) is 15.7. The Morgan fingerprint density at radius 1 is 1.09 bits per heavy atom. The van der Waals surface area contributed by atoms with Gasteiger partial charge in [-0.3, -0.25) is 19.2 Å². The van der Waals surface area contributed by atoms with Crippen LogP contribution in [-0.4, -0.2) is 70.4 Å². The van der Waals surface area contributed by atoms with E-state index >= 15 is 0 Å². The minimum absolute atomic E-state index is 0.0644. The van der Waals surface area contributed by atoms with Gasteiger partial charge in [0.15, 0.2) is 0 Å². The molecule has 0 rings (SSSR count). The molecule has 0 saturated carbocycles. The van der Waals surface area contributed by atoms with Crippen molar-refractivity contribution in [1.82, 2.24) is 16.0 Å². The Balaban J connectivity index is 4.55. The van der Waals surface area contributed by atoms with Gasteiger partial charge in [-0.25, -0.2) is 0 Å². The summed E-state index contributed by atoms with van der Waals surface area (Å²) in [6.45, 7) is 2.11. The number of thiol groups is 1. The van der Waals surface area contributed by atoms with Gasteiger partial charge >= 0.3 is 5.97 Å². The number of carboxylic acid groups (broad SMARTS) is 1. The summed E-state index contributed by atoms with van der Waals surface area (Å²) in [7, 11) is 0. The van der Waals surface area contributed by atoms with Crippen LogP contribution < -0.4 is 21.7 Å². The second kappa shape index (κ2) is 10.0. The molecule has 0 fully saturated rings. The lowest BCUT2D eigenvalue weighted by molar-refractivity contribution is -0.138. The molecule has 0 aliphatic rings. The first-order valence-corrected chi connectivity index (χ1v) is 7.38. The quantitative estimate of drug-likeness (QED) is 0.215. The molecule has 4 unspecified atom stereocenters. The molecule has 132 valence electrons. The molecule has 0 bridgehead atoms. The molecule has 0 aromatic carbocycles. The third-order valence-electron chi connectivity index (χ3n) is 2.80. The molecule has 23 heavy (non-hydrogen) atoms. The van der Waals surface area contributed by atoms with E-state index in [-0.39, 0.29) is 5.75 Å². The Labute approximate surface area is 138 Å². The lowest BCUT2D eigenvalue weighted by Crippen LogP contribution is -2.56. The fourth-order valence-electron chi connectivity index (χ4n) is 1.37. The molecule has 0 aromatic heterocycles. The number of aliphatic carboxylic acids is 1. The van der Waals surface area contributed by atoms with Crippen LogP contribution in [0.15, 0.2) is 0 Å². The van der Waals surface area contributed by atoms with Crippen LogP contribution in [0.2, 0.25) is 0 Å². The van der Waals surface area contributed by atoms with Gasteiger partial charge in [-0.1, -0.05) is 0 Å². The SMILES string of the molecule is CC(NC(=O)C(N)C(C)O)C(=O)NC(CS)C(=O)NCC(=O)O. The van der Waals surface area contributed by atoms with Gasteiger partial charge in [-0.2, -0.15) is 12.6 Å². The van der Waals surface area contributed by atoms with Gasteiger partial charge < -0.3 is 31.9 Å². The highest BCUT2D eigenvalue weighted by molar-refractivity contribution is 7.80. The number of carboxylic acids is 1. The van der Waals surface area contributed by atoms with Crippen molar-refractivity contribution in [1.29, 1.82) is 0 Å². The number of hydrogen-bond donors (Lipinski definition) is 7. The van der Waals surface area contributed by atoms with E-state index in [1.54, 1.807) is 0 Å². The number of rotatable bonds is 9. The van der Waals surface area contributed by atoms with Gasteiger partial charge in [0.05, 0.1) is 6.10 Å². The van der Waals surface area contributed by atoms with Crippen molar-refractivity contribution < 1.29 is 29.4 Å². The molecule has 0 heterocycles. The van der Waals surface area contributed by atoms with Crippen molar-refractivity contribution >= 4 is 36.3 Å². The summed E-state index contributed by atoms with van der Waals surface area (Å²) in [6.07, 6.45) is -1.09. The first-order valence-electron chi connectivity index (χ1n) is 6.74. The average molecular weight is 350 g/mol. The lowest BCUT2D eigenvalue weighted by atomic mass is 10.1. The standard InChI is InChI=1S/C12H22N4O6S/c1-5(15-12(22)9(13)6(2)17)10(20)16-7(4-23)11(21)14-3-8(18)19/h5-7,9,17,23H,3-4,13H2,1-2H3,(H,14,21)(H,15,22)(H,16,20)(H,18,19). The highest BCUT2D eigenvalue weighted by Gasteiger charge is 2.26. The molecule has 11 heteroatoms. The minimum atomic E-state index is -1.23. The lowest BCUT2D eigenvalue weighted by Gasteiger charge is -2.21. The molecule has 0 aliphatic carbocycles. The second-order valence-corrected chi connectivity index (χ2v) is 5.22. The van der Waals surface area contributed by atoms with E-state index in [2.05, 4.69) is 28.6 Å². The summed E-state index contributed by atoms with van der Waals surface area (Å²) in [5, 5.41) is 24.4. The fraction of sp³-hybridized carbons (Fsp3) is 0.667. The van der Waals surface area contributed by atoms with Gasteiger partial charge in [0, 0.05) is 5.75 Å². The van der Waals surface area contributed by atoms with Gasteiger partial charge in [0.25, 0.3) is 0 Å². The Bertz CT molecular complexity index is 459. The Morgan fingerprint density at radius 2 is 1.65 bits per heavy atom. The number of aliphatic hydroxyl groups is 1. The molecule has 0 aromatic rings. The summed E-state index contributed by atoms with van der Waals surface area (Å²) < 4.78 is 0. The highest BCUT2D eigenvalue weighted by atomic mass is 32.1. The van der Waals surface area contributed by atoms with Crippen molar-refractivity contribution in [3.8, 4) is 0 Å². The Morgan fingerprint density at radius 3 is 2.09 bits per heavy atom. The van der Waals surface area contributed by atoms with E-state index in [1.165, 1.54) is 13.8 Å². The number of amides is 3. The summed E-state index contributed by atoms with van der Waals surface area (Å²) in [4.78, 5) is 45.6. The molecule has 0 radical (unpaired) electrons. The van der Waals surface area contributed by atoms with Crippen LogP contribution in [0.1, 0.15) is 13.8 Å². The first kappa shape index (κ1) is 21.1. The number of carbonyl (C=O) groups excluding carboxylic acids is 3. The molecule has 3 amide bonds. The maximum Gasteiger partial charge on any atom is 0.322 e. The van der Waals surface area contributed by atoms with Crippen molar-refractivity contribution in [2.75, 3.05) is 12.3 Å². The van der Waals surface area contributed by atoms with Crippen LogP contribution in [0, 0.1) is 0 Å². The van der Waals surface area contributed by atoms with E-state index < -0.39 is 54.5 Å². The summed E-state index contributed by atoms with van der Waals surface area (Å²) in [5.41, 5.74) is 5.43. The number of nitrogens with two attached hydrogens (primary N) is 1. The third-order valence-corrected chi connectivity index (χ3v) is 3.17. The summed E-state index contributed by atoms with van der Waals surface area (Å²) >= 11 is 3.91. The molecule has 0 aliphatic heterocycles. The zero-order chi connectivity index (χ0) is 18.2. The van der Waals surface area contributed by atoms with Crippen LogP contribution in [0.4, 0.5) is 0 Å². The molecule has 4 atom stereocenters. The van der Waals surface area contributed by atoms with E-state index in [9.17, 15) is 24.3 Å². The predicted octanol–water partition coefficient (Wildman–Crippen LogP) is -3.19. The molecule has 0 spiro atoms. The molecule has 0 saturated heterocycles. The number of nitrogens with one attached hydrogen (secondary N) is 3. The maximum absolute atomic E-state index is 11.9. The van der Waals surface area contributed by atoms with E-state index in [4.69, 9.17) is 10.8 Å². The monoisotopic (exact) mass is 350 g/mol. The van der Waals surface area contributed by atoms with Crippen molar-refractivity contribution in [3.05, 3.63) is 0 Å². The van der Waals surface area contributed by atoms with E-state index in [0.29, 0.717) is 0 Å². The maximum atomic E-state index is 11.9.